The van der Waals surface area contributed by atoms with E-state index in [1.807, 2.05) is 11.7 Å². The van der Waals surface area contributed by atoms with Crippen LogP contribution in [-0.4, -0.2) is 16.8 Å². The first-order chi connectivity index (χ1) is 8.29. The highest BCUT2D eigenvalue weighted by atomic mass is 15.3. The van der Waals surface area contributed by atoms with Crippen molar-refractivity contribution in [2.75, 3.05) is 12.4 Å². The van der Waals surface area contributed by atoms with Gasteiger partial charge in [0.25, 0.3) is 0 Å². The van der Waals surface area contributed by atoms with Gasteiger partial charge in [-0.3, -0.25) is 0 Å². The third-order valence-corrected chi connectivity index (χ3v) is 3.42. The second-order valence-electron chi connectivity index (χ2n) is 4.62. The van der Waals surface area contributed by atoms with Crippen LogP contribution >= 0.6 is 0 Å². The topological polar surface area (TPSA) is 29.9 Å². The molecule has 1 N–H and O–H groups in total. The van der Waals surface area contributed by atoms with Gasteiger partial charge >= 0.3 is 0 Å². The molecule has 3 rings (SSSR count). The summed E-state index contributed by atoms with van der Waals surface area (Å²) >= 11 is 0. The Morgan fingerprint density at radius 1 is 1.18 bits per heavy atom. The van der Waals surface area contributed by atoms with Gasteiger partial charge in [0.2, 0.25) is 0 Å². The maximum atomic E-state index is 4.72. The standard InChI is InChI=1S/C14H17N3/c1-10-6-8-11(9-7-10)17-14(15-2)12-4-3-5-13(12)16-17/h6-9,15H,3-5H2,1-2H3. The Labute approximate surface area is 101 Å². The number of benzene rings is 1. The minimum Gasteiger partial charge on any atom is -0.373 e. The molecule has 1 aliphatic rings. The highest BCUT2D eigenvalue weighted by Crippen LogP contribution is 2.30. The highest BCUT2D eigenvalue weighted by Gasteiger charge is 2.21. The molecule has 0 radical (unpaired) electrons. The van der Waals surface area contributed by atoms with E-state index in [0.717, 1.165) is 24.3 Å². The largest absolute Gasteiger partial charge is 0.373 e. The lowest BCUT2D eigenvalue weighted by Gasteiger charge is -2.08. The first-order valence-corrected chi connectivity index (χ1v) is 6.15. The average Bonchev–Trinajstić information content (AvgIpc) is 2.89. The number of nitrogens with zero attached hydrogens (tertiary/aromatic N) is 2. The lowest BCUT2D eigenvalue weighted by molar-refractivity contribution is 0.805. The smallest absolute Gasteiger partial charge is 0.133 e. The van der Waals surface area contributed by atoms with Gasteiger partial charge in [-0.2, -0.15) is 5.10 Å². The Hall–Kier alpha value is -1.77. The summed E-state index contributed by atoms with van der Waals surface area (Å²) < 4.78 is 2.03. The Kier molecular flexibility index (Phi) is 2.39. The van der Waals surface area contributed by atoms with E-state index in [9.17, 15) is 0 Å². The van der Waals surface area contributed by atoms with Crippen molar-refractivity contribution in [3.8, 4) is 5.69 Å². The van der Waals surface area contributed by atoms with Gasteiger partial charge in [0, 0.05) is 12.6 Å². The van der Waals surface area contributed by atoms with Crippen LogP contribution in [0.15, 0.2) is 24.3 Å². The molecule has 0 fully saturated rings. The summed E-state index contributed by atoms with van der Waals surface area (Å²) in [7, 11) is 1.97. The Balaban J connectivity index is 2.11. The molecule has 1 heterocycles. The maximum Gasteiger partial charge on any atom is 0.133 e. The number of nitrogens with one attached hydrogen (secondary N) is 1. The van der Waals surface area contributed by atoms with E-state index in [1.54, 1.807) is 0 Å². The zero-order valence-electron chi connectivity index (χ0n) is 10.3. The van der Waals surface area contributed by atoms with Crippen molar-refractivity contribution in [1.29, 1.82) is 0 Å². The summed E-state index contributed by atoms with van der Waals surface area (Å²) in [5.74, 6) is 1.15. The van der Waals surface area contributed by atoms with Crippen LogP contribution in [0.25, 0.3) is 5.69 Å². The third kappa shape index (κ3) is 1.62. The van der Waals surface area contributed by atoms with Crippen molar-refractivity contribution in [3.05, 3.63) is 41.1 Å². The normalized spacial score (nSPS) is 13.8. The first kappa shape index (κ1) is 10.4. The summed E-state index contributed by atoms with van der Waals surface area (Å²) in [5.41, 5.74) is 5.07. The number of fused-ring (bicyclic) bond motifs is 1. The monoisotopic (exact) mass is 227 g/mol. The van der Waals surface area contributed by atoms with Gasteiger partial charge in [0.15, 0.2) is 0 Å². The molecule has 0 unspecified atom stereocenters. The molecule has 2 aromatic rings. The Bertz CT molecular complexity index is 537. The molecular formula is C14H17N3. The van der Waals surface area contributed by atoms with Crippen LogP contribution < -0.4 is 5.32 Å². The fraction of sp³-hybridized carbons (Fsp3) is 0.357. The molecule has 0 bridgehead atoms. The van der Waals surface area contributed by atoms with Gasteiger partial charge in [0.05, 0.1) is 11.4 Å². The molecule has 0 atom stereocenters. The molecular weight excluding hydrogens is 210 g/mol. The number of rotatable bonds is 2. The molecule has 88 valence electrons. The molecule has 1 aromatic carbocycles. The number of aromatic nitrogens is 2. The molecule has 0 aliphatic heterocycles. The van der Waals surface area contributed by atoms with E-state index in [-0.39, 0.29) is 0 Å². The van der Waals surface area contributed by atoms with Crippen molar-refractivity contribution >= 4 is 5.82 Å². The summed E-state index contributed by atoms with van der Waals surface area (Å²) in [5, 5.41) is 8.01. The summed E-state index contributed by atoms with van der Waals surface area (Å²) in [6.07, 6.45) is 3.50. The lowest BCUT2D eigenvalue weighted by Crippen LogP contribution is -2.04. The Morgan fingerprint density at radius 3 is 2.65 bits per heavy atom. The van der Waals surface area contributed by atoms with E-state index in [2.05, 4.69) is 36.5 Å². The number of hydrogen-bond donors (Lipinski definition) is 1. The number of aryl methyl sites for hydroxylation is 2. The fourth-order valence-corrected chi connectivity index (χ4v) is 2.52. The van der Waals surface area contributed by atoms with Crippen LogP contribution in [0.2, 0.25) is 0 Å². The third-order valence-electron chi connectivity index (χ3n) is 3.42. The molecule has 17 heavy (non-hydrogen) atoms. The van der Waals surface area contributed by atoms with Gasteiger partial charge < -0.3 is 5.32 Å². The van der Waals surface area contributed by atoms with E-state index in [0.29, 0.717) is 0 Å². The van der Waals surface area contributed by atoms with Gasteiger partial charge in [-0.15, -0.1) is 0 Å². The van der Waals surface area contributed by atoms with Crippen molar-refractivity contribution in [1.82, 2.24) is 9.78 Å². The minimum absolute atomic E-state index is 1.11. The quantitative estimate of drug-likeness (QED) is 0.855. The predicted molar refractivity (Wildman–Crippen MR) is 69.9 cm³/mol. The lowest BCUT2D eigenvalue weighted by atomic mass is 10.2. The predicted octanol–water partition coefficient (Wildman–Crippen LogP) is 2.71. The Morgan fingerprint density at radius 2 is 1.94 bits per heavy atom. The minimum atomic E-state index is 1.11. The van der Waals surface area contributed by atoms with Crippen LogP contribution in [-0.2, 0) is 12.8 Å². The maximum absolute atomic E-state index is 4.72. The molecule has 1 aromatic heterocycles. The van der Waals surface area contributed by atoms with Gasteiger partial charge in [-0.1, -0.05) is 17.7 Å². The zero-order chi connectivity index (χ0) is 11.8. The molecule has 0 spiro atoms. The zero-order valence-corrected chi connectivity index (χ0v) is 10.3. The van der Waals surface area contributed by atoms with E-state index in [1.165, 1.54) is 23.2 Å². The van der Waals surface area contributed by atoms with Gasteiger partial charge in [-0.05, 0) is 38.3 Å². The molecule has 0 saturated carbocycles. The highest BCUT2D eigenvalue weighted by molar-refractivity contribution is 5.54. The van der Waals surface area contributed by atoms with Crippen molar-refractivity contribution in [2.24, 2.45) is 0 Å². The summed E-state index contributed by atoms with van der Waals surface area (Å²) in [6.45, 7) is 2.10. The van der Waals surface area contributed by atoms with Crippen LogP contribution in [0.4, 0.5) is 5.82 Å². The van der Waals surface area contributed by atoms with E-state index < -0.39 is 0 Å². The SMILES string of the molecule is CNc1c2c(nn1-c1ccc(C)cc1)CCC2. The van der Waals surface area contributed by atoms with Crippen molar-refractivity contribution in [2.45, 2.75) is 26.2 Å². The van der Waals surface area contributed by atoms with Crippen LogP contribution in [0.3, 0.4) is 0 Å². The second-order valence-corrected chi connectivity index (χ2v) is 4.62. The van der Waals surface area contributed by atoms with Crippen molar-refractivity contribution in [3.63, 3.8) is 0 Å². The molecule has 3 nitrogen and oxygen atoms in total. The van der Waals surface area contributed by atoms with Crippen LogP contribution in [0.1, 0.15) is 23.2 Å². The number of anilines is 1. The van der Waals surface area contributed by atoms with Crippen LogP contribution in [0.5, 0.6) is 0 Å². The van der Waals surface area contributed by atoms with Crippen LogP contribution in [0, 0.1) is 6.92 Å². The van der Waals surface area contributed by atoms with Gasteiger partial charge in [-0.25, -0.2) is 4.68 Å². The average molecular weight is 227 g/mol. The van der Waals surface area contributed by atoms with E-state index >= 15 is 0 Å². The van der Waals surface area contributed by atoms with Crippen molar-refractivity contribution < 1.29 is 0 Å². The summed E-state index contributed by atoms with van der Waals surface area (Å²) in [4.78, 5) is 0. The summed E-state index contributed by atoms with van der Waals surface area (Å²) in [6, 6.07) is 8.50. The number of hydrogen-bond acceptors (Lipinski definition) is 2. The molecule has 1 aliphatic carbocycles. The fourth-order valence-electron chi connectivity index (χ4n) is 2.52. The molecule has 0 amide bonds. The molecule has 3 heteroatoms. The van der Waals surface area contributed by atoms with Gasteiger partial charge in [0.1, 0.15) is 5.82 Å². The first-order valence-electron chi connectivity index (χ1n) is 6.15. The molecule has 0 saturated heterocycles. The second kappa shape index (κ2) is 3.91. The van der Waals surface area contributed by atoms with E-state index in [4.69, 9.17) is 5.10 Å².